The van der Waals surface area contributed by atoms with E-state index in [1.54, 1.807) is 24.3 Å². The Morgan fingerprint density at radius 3 is 2.65 bits per heavy atom. The quantitative estimate of drug-likeness (QED) is 0.453. The van der Waals surface area contributed by atoms with Gasteiger partial charge >= 0.3 is 0 Å². The number of phenolic OH excluding ortho intramolecular Hbond substituents is 1. The summed E-state index contributed by atoms with van der Waals surface area (Å²) in [6, 6.07) is 16.4. The third-order valence-corrected chi connectivity index (χ3v) is 4.21. The number of aromatic amines is 1. The Labute approximate surface area is 147 Å². The van der Waals surface area contributed by atoms with Crippen molar-refractivity contribution in [2.45, 2.75) is 0 Å². The lowest BCUT2D eigenvalue weighted by Crippen LogP contribution is -2.06. The number of nitrogen functional groups attached to an aromatic ring is 1. The van der Waals surface area contributed by atoms with Crippen LogP contribution in [0.1, 0.15) is 0 Å². The highest BCUT2D eigenvalue weighted by Gasteiger charge is 2.17. The van der Waals surface area contributed by atoms with Gasteiger partial charge in [-0.05, 0) is 24.3 Å². The van der Waals surface area contributed by atoms with E-state index in [1.165, 1.54) is 4.52 Å². The Morgan fingerprint density at radius 1 is 1.00 bits per heavy atom. The number of aromatic nitrogens is 6. The SMILES string of the molecule is Nc1c(-c2nc3ccccc3[nH]2)nnc2cc(-c3ccccc3O)nn12. The number of para-hydroxylation sites is 3. The molecular weight excluding hydrogens is 330 g/mol. The van der Waals surface area contributed by atoms with Crippen LogP contribution in [0.2, 0.25) is 0 Å². The summed E-state index contributed by atoms with van der Waals surface area (Å²) in [7, 11) is 0. The molecule has 3 aromatic heterocycles. The summed E-state index contributed by atoms with van der Waals surface area (Å²) in [4.78, 5) is 7.70. The molecule has 0 radical (unpaired) electrons. The molecule has 2 aromatic carbocycles. The third-order valence-electron chi connectivity index (χ3n) is 4.21. The van der Waals surface area contributed by atoms with Crippen molar-refractivity contribution in [2.75, 3.05) is 5.73 Å². The lowest BCUT2D eigenvalue weighted by atomic mass is 10.1. The number of rotatable bonds is 2. The molecular formula is C18H13N7O. The zero-order valence-electron chi connectivity index (χ0n) is 13.5. The summed E-state index contributed by atoms with van der Waals surface area (Å²) in [5.41, 5.74) is 10.0. The van der Waals surface area contributed by atoms with Crippen molar-refractivity contribution in [2.24, 2.45) is 0 Å². The molecule has 3 heterocycles. The van der Waals surface area contributed by atoms with Crippen LogP contribution in [0.3, 0.4) is 0 Å². The molecule has 5 aromatic rings. The number of aromatic hydroxyl groups is 1. The van der Waals surface area contributed by atoms with Gasteiger partial charge in [0.1, 0.15) is 5.75 Å². The molecule has 0 bridgehead atoms. The van der Waals surface area contributed by atoms with Crippen LogP contribution in [0.5, 0.6) is 5.75 Å². The van der Waals surface area contributed by atoms with E-state index in [-0.39, 0.29) is 5.75 Å². The second kappa shape index (κ2) is 5.28. The fourth-order valence-corrected chi connectivity index (χ4v) is 2.93. The molecule has 0 atom stereocenters. The average molecular weight is 343 g/mol. The first kappa shape index (κ1) is 14.4. The van der Waals surface area contributed by atoms with E-state index in [2.05, 4.69) is 25.3 Å². The van der Waals surface area contributed by atoms with Crippen LogP contribution in [0, 0.1) is 0 Å². The number of fused-ring (bicyclic) bond motifs is 2. The van der Waals surface area contributed by atoms with Crippen molar-refractivity contribution < 1.29 is 5.11 Å². The minimum absolute atomic E-state index is 0.139. The molecule has 0 amide bonds. The van der Waals surface area contributed by atoms with E-state index in [0.29, 0.717) is 34.2 Å². The van der Waals surface area contributed by atoms with Crippen LogP contribution in [0.25, 0.3) is 39.5 Å². The molecule has 8 heteroatoms. The van der Waals surface area contributed by atoms with E-state index < -0.39 is 0 Å². The lowest BCUT2D eigenvalue weighted by Gasteiger charge is -2.02. The third kappa shape index (κ3) is 2.09. The summed E-state index contributed by atoms with van der Waals surface area (Å²) >= 11 is 0. The highest BCUT2D eigenvalue weighted by molar-refractivity contribution is 5.81. The molecule has 0 aliphatic carbocycles. The second-order valence-corrected chi connectivity index (χ2v) is 5.85. The predicted octanol–water partition coefficient (Wildman–Crippen LogP) is 2.62. The average Bonchev–Trinajstić information content (AvgIpc) is 3.26. The van der Waals surface area contributed by atoms with Crippen molar-refractivity contribution in [3.8, 4) is 28.5 Å². The highest BCUT2D eigenvalue weighted by atomic mass is 16.3. The predicted molar refractivity (Wildman–Crippen MR) is 97.4 cm³/mol. The van der Waals surface area contributed by atoms with E-state index in [0.717, 1.165) is 11.0 Å². The van der Waals surface area contributed by atoms with Crippen molar-refractivity contribution in [1.82, 2.24) is 29.8 Å². The van der Waals surface area contributed by atoms with Gasteiger partial charge in [-0.25, -0.2) is 4.98 Å². The van der Waals surface area contributed by atoms with Gasteiger partial charge in [0.15, 0.2) is 23.0 Å². The Bertz CT molecular complexity index is 1240. The standard InChI is InChI=1S/C18H13N7O/c19-17-16(18-20-11-6-2-3-7-12(11)21-18)23-22-15-9-13(24-25(15)17)10-5-1-4-8-14(10)26/h1-9,26H,19H2,(H,20,21). The Hall–Kier alpha value is -3.94. The zero-order valence-corrected chi connectivity index (χ0v) is 13.5. The van der Waals surface area contributed by atoms with Crippen molar-refractivity contribution in [3.05, 3.63) is 54.6 Å². The number of anilines is 1. The summed E-state index contributed by atoms with van der Waals surface area (Å²) in [5.74, 6) is 0.980. The maximum Gasteiger partial charge on any atom is 0.180 e. The van der Waals surface area contributed by atoms with Crippen molar-refractivity contribution >= 4 is 22.5 Å². The van der Waals surface area contributed by atoms with Gasteiger partial charge in [0.05, 0.1) is 16.7 Å². The van der Waals surface area contributed by atoms with Gasteiger partial charge in [-0.2, -0.15) is 9.61 Å². The first-order valence-electron chi connectivity index (χ1n) is 7.96. The van der Waals surface area contributed by atoms with Crippen LogP contribution in [0.4, 0.5) is 5.82 Å². The van der Waals surface area contributed by atoms with Crippen LogP contribution in [0.15, 0.2) is 54.6 Å². The molecule has 4 N–H and O–H groups in total. The number of benzene rings is 2. The number of imidazole rings is 1. The van der Waals surface area contributed by atoms with Crippen LogP contribution < -0.4 is 5.73 Å². The molecule has 0 spiro atoms. The van der Waals surface area contributed by atoms with Crippen molar-refractivity contribution in [3.63, 3.8) is 0 Å². The molecule has 126 valence electrons. The summed E-state index contributed by atoms with van der Waals surface area (Å²) in [6.07, 6.45) is 0. The number of nitrogens with two attached hydrogens (primary N) is 1. The number of H-pyrrole nitrogens is 1. The van der Waals surface area contributed by atoms with E-state index >= 15 is 0 Å². The number of nitrogens with zero attached hydrogens (tertiary/aromatic N) is 5. The van der Waals surface area contributed by atoms with Gasteiger partial charge in [0, 0.05) is 11.6 Å². The Kier molecular flexibility index (Phi) is 2.93. The number of hydrogen-bond acceptors (Lipinski definition) is 6. The summed E-state index contributed by atoms with van der Waals surface area (Å²) < 4.78 is 1.50. The molecule has 26 heavy (non-hydrogen) atoms. The van der Waals surface area contributed by atoms with Crippen LogP contribution in [-0.4, -0.2) is 34.9 Å². The number of phenols is 1. The molecule has 0 aliphatic rings. The molecule has 0 saturated carbocycles. The van der Waals surface area contributed by atoms with Crippen LogP contribution in [-0.2, 0) is 0 Å². The first-order chi connectivity index (χ1) is 12.7. The maximum atomic E-state index is 10.0. The van der Waals surface area contributed by atoms with Crippen LogP contribution >= 0.6 is 0 Å². The topological polar surface area (TPSA) is 118 Å². The minimum atomic E-state index is 0.139. The molecule has 0 aliphatic heterocycles. The molecule has 0 unspecified atom stereocenters. The Balaban J connectivity index is 1.69. The zero-order chi connectivity index (χ0) is 17.7. The summed E-state index contributed by atoms with van der Waals surface area (Å²) in [6.45, 7) is 0. The highest BCUT2D eigenvalue weighted by Crippen LogP contribution is 2.30. The van der Waals surface area contributed by atoms with E-state index in [9.17, 15) is 5.11 Å². The first-order valence-corrected chi connectivity index (χ1v) is 7.96. The fourth-order valence-electron chi connectivity index (χ4n) is 2.93. The minimum Gasteiger partial charge on any atom is -0.507 e. The second-order valence-electron chi connectivity index (χ2n) is 5.85. The maximum absolute atomic E-state index is 10.0. The molecule has 0 saturated heterocycles. The number of hydrogen-bond donors (Lipinski definition) is 3. The van der Waals surface area contributed by atoms with Gasteiger partial charge in [-0.1, -0.05) is 24.3 Å². The van der Waals surface area contributed by atoms with E-state index in [1.807, 2.05) is 30.3 Å². The van der Waals surface area contributed by atoms with Gasteiger partial charge < -0.3 is 15.8 Å². The lowest BCUT2D eigenvalue weighted by molar-refractivity contribution is 0.477. The largest absolute Gasteiger partial charge is 0.507 e. The van der Waals surface area contributed by atoms with Gasteiger partial charge in [-0.15, -0.1) is 10.2 Å². The van der Waals surface area contributed by atoms with Gasteiger partial charge in [-0.3, -0.25) is 0 Å². The molecule has 8 nitrogen and oxygen atoms in total. The Morgan fingerprint density at radius 2 is 1.81 bits per heavy atom. The normalized spacial score (nSPS) is 11.4. The number of nitrogens with one attached hydrogen (secondary N) is 1. The smallest absolute Gasteiger partial charge is 0.180 e. The van der Waals surface area contributed by atoms with Gasteiger partial charge in [0.2, 0.25) is 0 Å². The van der Waals surface area contributed by atoms with Crippen molar-refractivity contribution in [1.29, 1.82) is 0 Å². The van der Waals surface area contributed by atoms with Gasteiger partial charge in [0.25, 0.3) is 0 Å². The summed E-state index contributed by atoms with van der Waals surface area (Å²) in [5, 5.41) is 22.9. The monoisotopic (exact) mass is 343 g/mol. The molecule has 0 fully saturated rings. The molecule has 5 rings (SSSR count). The fraction of sp³-hybridized carbons (Fsp3) is 0. The van der Waals surface area contributed by atoms with E-state index in [4.69, 9.17) is 5.73 Å².